The molecular weight excluding hydrogens is 166 g/mol. The average molecular weight is 182 g/mol. The topological polar surface area (TPSA) is 12.9 Å². The molecule has 67 valence electrons. The van der Waals surface area contributed by atoms with E-state index in [4.69, 9.17) is 0 Å². The zero-order valence-corrected chi connectivity index (χ0v) is 8.71. The lowest BCUT2D eigenvalue weighted by atomic mass is 10.1. The van der Waals surface area contributed by atoms with Gasteiger partial charge in [-0.25, -0.2) is 4.98 Å². The summed E-state index contributed by atoms with van der Waals surface area (Å²) in [5, 5.41) is 1.19. The predicted octanol–water partition coefficient (Wildman–Crippen LogP) is 3.31. The maximum absolute atomic E-state index is 4.48. The van der Waals surface area contributed by atoms with E-state index < -0.39 is 0 Å². The number of thiazole rings is 1. The Morgan fingerprint density at radius 1 is 1.33 bits per heavy atom. The summed E-state index contributed by atoms with van der Waals surface area (Å²) in [6, 6.07) is 0. The van der Waals surface area contributed by atoms with Crippen LogP contribution in [0.2, 0.25) is 0 Å². The molecule has 1 radical (unpaired) electrons. The van der Waals surface area contributed by atoms with Crippen LogP contribution in [-0.2, 0) is 6.42 Å². The van der Waals surface area contributed by atoms with Gasteiger partial charge in [-0.05, 0) is 26.7 Å². The van der Waals surface area contributed by atoms with Gasteiger partial charge in [0, 0.05) is 4.88 Å². The van der Waals surface area contributed by atoms with E-state index in [9.17, 15) is 0 Å². The largest absolute Gasteiger partial charge is 0.246 e. The highest BCUT2D eigenvalue weighted by Gasteiger charge is 2.03. The van der Waals surface area contributed by atoms with Crippen molar-refractivity contribution in [1.29, 1.82) is 0 Å². The molecule has 0 aromatic carbocycles. The summed E-state index contributed by atoms with van der Waals surface area (Å²) in [4.78, 5) is 5.87. The number of aromatic nitrogens is 1. The molecule has 2 heteroatoms. The molecule has 1 heterocycles. The number of nitrogens with zero attached hydrogens (tertiary/aromatic N) is 1. The maximum Gasteiger partial charge on any atom is 0.0900 e. The first-order chi connectivity index (χ1) is 5.74. The fraction of sp³-hybridized carbons (Fsp3) is 0.600. The minimum absolute atomic E-state index is 1.04. The van der Waals surface area contributed by atoms with Gasteiger partial charge >= 0.3 is 0 Å². The zero-order valence-electron chi connectivity index (χ0n) is 7.89. The van der Waals surface area contributed by atoms with Crippen LogP contribution in [0.3, 0.4) is 0 Å². The summed E-state index contributed by atoms with van der Waals surface area (Å²) in [6.07, 6.45) is 4.62. The Bertz CT molecular complexity index is 240. The van der Waals surface area contributed by atoms with Crippen molar-refractivity contribution in [2.24, 2.45) is 0 Å². The summed E-state index contributed by atoms with van der Waals surface area (Å²) < 4.78 is 0. The van der Waals surface area contributed by atoms with E-state index in [0.29, 0.717) is 0 Å². The van der Waals surface area contributed by atoms with Gasteiger partial charge in [0.15, 0.2) is 0 Å². The first-order valence-corrected chi connectivity index (χ1v) is 5.28. The first kappa shape index (κ1) is 9.72. The summed E-state index contributed by atoms with van der Waals surface area (Å²) in [6.45, 7) is 8.06. The molecule has 1 aromatic heterocycles. The first-order valence-electron chi connectivity index (χ1n) is 4.46. The summed E-state index contributed by atoms with van der Waals surface area (Å²) in [7, 11) is 0. The van der Waals surface area contributed by atoms with Gasteiger partial charge in [0.1, 0.15) is 0 Å². The van der Waals surface area contributed by atoms with Crippen molar-refractivity contribution in [1.82, 2.24) is 4.98 Å². The van der Waals surface area contributed by atoms with Gasteiger partial charge in [0.05, 0.1) is 10.7 Å². The number of rotatable bonds is 4. The second-order valence-electron chi connectivity index (χ2n) is 3.05. The zero-order chi connectivity index (χ0) is 8.97. The standard InChI is InChI=1S/C10H16NS/c1-4-5-6-7-10-8(2)12-9(3)11-10/h1,4-7H2,2-3H3. The van der Waals surface area contributed by atoms with E-state index in [-0.39, 0.29) is 0 Å². The van der Waals surface area contributed by atoms with Crippen molar-refractivity contribution in [3.8, 4) is 0 Å². The molecule has 0 spiro atoms. The van der Waals surface area contributed by atoms with Gasteiger partial charge in [-0.2, -0.15) is 0 Å². The molecule has 1 nitrogen and oxygen atoms in total. The fourth-order valence-corrected chi connectivity index (χ4v) is 2.14. The minimum Gasteiger partial charge on any atom is -0.246 e. The fourth-order valence-electron chi connectivity index (χ4n) is 1.27. The van der Waals surface area contributed by atoms with Crippen molar-refractivity contribution in [2.75, 3.05) is 0 Å². The SMILES string of the molecule is [CH2]CCCCc1nc(C)sc1C. The molecule has 1 aromatic rings. The molecule has 0 N–H and O–H groups in total. The Morgan fingerprint density at radius 2 is 2.08 bits per heavy atom. The Balaban J connectivity index is 2.45. The normalized spacial score (nSPS) is 10.6. The third kappa shape index (κ3) is 2.59. The Labute approximate surface area is 78.8 Å². The van der Waals surface area contributed by atoms with Crippen molar-refractivity contribution < 1.29 is 0 Å². The monoisotopic (exact) mass is 182 g/mol. The molecule has 0 saturated heterocycles. The molecule has 0 saturated carbocycles. The van der Waals surface area contributed by atoms with Crippen LogP contribution in [-0.4, -0.2) is 4.98 Å². The summed E-state index contributed by atoms with van der Waals surface area (Å²) in [5.41, 5.74) is 1.30. The molecule has 0 aliphatic heterocycles. The molecule has 0 bridgehead atoms. The minimum atomic E-state index is 1.04. The van der Waals surface area contributed by atoms with Crippen LogP contribution in [0.15, 0.2) is 0 Å². The van der Waals surface area contributed by atoms with Crippen molar-refractivity contribution in [3.63, 3.8) is 0 Å². The van der Waals surface area contributed by atoms with Crippen LogP contribution in [0.25, 0.3) is 0 Å². The van der Waals surface area contributed by atoms with E-state index in [2.05, 4.69) is 25.8 Å². The summed E-state index contributed by atoms with van der Waals surface area (Å²) >= 11 is 1.80. The number of hydrogen-bond donors (Lipinski definition) is 0. The lowest BCUT2D eigenvalue weighted by molar-refractivity contribution is 0.733. The van der Waals surface area contributed by atoms with Crippen LogP contribution in [0.5, 0.6) is 0 Å². The molecule has 0 aliphatic carbocycles. The smallest absolute Gasteiger partial charge is 0.0900 e. The van der Waals surface area contributed by atoms with Crippen LogP contribution < -0.4 is 0 Å². The van der Waals surface area contributed by atoms with E-state index in [1.165, 1.54) is 28.4 Å². The summed E-state index contributed by atoms with van der Waals surface area (Å²) in [5.74, 6) is 0. The molecule has 0 atom stereocenters. The molecule has 0 aliphatic rings. The van der Waals surface area contributed by atoms with Crippen molar-refractivity contribution in [2.45, 2.75) is 39.5 Å². The molecular formula is C10H16NS. The van der Waals surface area contributed by atoms with Crippen molar-refractivity contribution >= 4 is 11.3 Å². The van der Waals surface area contributed by atoms with Crippen LogP contribution in [0.4, 0.5) is 0 Å². The molecule has 0 fully saturated rings. The second-order valence-corrected chi connectivity index (χ2v) is 4.45. The molecule has 0 unspecified atom stereocenters. The average Bonchev–Trinajstić information content (AvgIpc) is 2.31. The quantitative estimate of drug-likeness (QED) is 0.651. The van der Waals surface area contributed by atoms with E-state index in [0.717, 1.165) is 12.8 Å². The highest BCUT2D eigenvalue weighted by molar-refractivity contribution is 7.11. The Hall–Kier alpha value is -0.370. The van der Waals surface area contributed by atoms with Gasteiger partial charge in [0.2, 0.25) is 0 Å². The molecule has 0 amide bonds. The number of hydrogen-bond acceptors (Lipinski definition) is 2. The van der Waals surface area contributed by atoms with Crippen molar-refractivity contribution in [3.05, 3.63) is 22.5 Å². The van der Waals surface area contributed by atoms with E-state index >= 15 is 0 Å². The Kier molecular flexibility index (Phi) is 3.73. The maximum atomic E-state index is 4.48. The van der Waals surface area contributed by atoms with Gasteiger partial charge in [0.25, 0.3) is 0 Å². The van der Waals surface area contributed by atoms with Crippen LogP contribution in [0, 0.1) is 20.8 Å². The highest BCUT2D eigenvalue weighted by Crippen LogP contribution is 2.18. The van der Waals surface area contributed by atoms with E-state index in [1.807, 2.05) is 0 Å². The second kappa shape index (κ2) is 4.61. The number of unbranched alkanes of at least 4 members (excludes halogenated alkanes) is 2. The molecule has 12 heavy (non-hydrogen) atoms. The third-order valence-corrected chi connectivity index (χ3v) is 2.84. The highest BCUT2D eigenvalue weighted by atomic mass is 32.1. The van der Waals surface area contributed by atoms with Crippen LogP contribution >= 0.6 is 11.3 Å². The van der Waals surface area contributed by atoms with Gasteiger partial charge in [-0.3, -0.25) is 0 Å². The third-order valence-electron chi connectivity index (χ3n) is 1.91. The van der Waals surface area contributed by atoms with E-state index in [1.54, 1.807) is 11.3 Å². The lowest BCUT2D eigenvalue weighted by Gasteiger charge is -1.96. The Morgan fingerprint density at radius 3 is 2.58 bits per heavy atom. The molecule has 1 rings (SSSR count). The van der Waals surface area contributed by atoms with Gasteiger partial charge in [-0.15, -0.1) is 11.3 Å². The number of aryl methyl sites for hydroxylation is 3. The predicted molar refractivity (Wildman–Crippen MR) is 54.5 cm³/mol. The van der Waals surface area contributed by atoms with Crippen LogP contribution in [0.1, 0.15) is 34.8 Å². The lowest BCUT2D eigenvalue weighted by Crippen LogP contribution is -1.87. The van der Waals surface area contributed by atoms with Gasteiger partial charge in [-0.1, -0.05) is 19.8 Å². The van der Waals surface area contributed by atoms with Gasteiger partial charge < -0.3 is 0 Å².